The van der Waals surface area contributed by atoms with E-state index < -0.39 is 11.8 Å². The number of fused-ring (bicyclic) bond motifs is 2. The lowest BCUT2D eigenvalue weighted by Gasteiger charge is -2.17. The lowest BCUT2D eigenvalue weighted by Crippen LogP contribution is -2.30. The van der Waals surface area contributed by atoms with Crippen molar-refractivity contribution in [1.82, 2.24) is 9.97 Å². The van der Waals surface area contributed by atoms with E-state index in [1.54, 1.807) is 49.6 Å². The van der Waals surface area contributed by atoms with E-state index in [1.165, 1.54) is 0 Å². The second-order valence-corrected chi connectivity index (χ2v) is 6.61. The highest BCUT2D eigenvalue weighted by Gasteiger charge is 2.38. The maximum absolute atomic E-state index is 13.1. The summed E-state index contributed by atoms with van der Waals surface area (Å²) in [6, 6.07) is 21.6. The van der Waals surface area contributed by atoms with Gasteiger partial charge in [-0.3, -0.25) is 9.59 Å². The number of rotatable bonds is 3. The molecule has 0 aliphatic carbocycles. The molecular weight excluding hydrogens is 366 g/mol. The number of ether oxygens (including phenoxy) is 1. The molecule has 0 radical (unpaired) electrons. The minimum absolute atomic E-state index is 0.249. The Morgan fingerprint density at radius 2 is 1.45 bits per heavy atom. The zero-order valence-electron chi connectivity index (χ0n) is 15.5. The molecule has 140 valence electrons. The van der Waals surface area contributed by atoms with Crippen LogP contribution in [0.2, 0.25) is 0 Å². The van der Waals surface area contributed by atoms with Crippen molar-refractivity contribution in [3.63, 3.8) is 0 Å². The Morgan fingerprint density at radius 3 is 2.10 bits per heavy atom. The number of nitrogens with zero attached hydrogens (tertiary/aromatic N) is 3. The van der Waals surface area contributed by atoms with Crippen LogP contribution in [0.1, 0.15) is 20.7 Å². The average molecular weight is 381 g/mol. The number of amides is 2. The molecule has 0 N–H and O–H groups in total. The summed E-state index contributed by atoms with van der Waals surface area (Å²) in [4.78, 5) is 36.5. The molecule has 0 bridgehead atoms. The standard InChI is InChI=1S/C23H15N3O3/c1-29-15-11-12-19-18(13-15)21(25-20(24-19)14-7-3-2-4-8-14)26-22(27)16-9-5-6-10-17(16)23(26)28/h2-13H,1H3. The van der Waals surface area contributed by atoms with Gasteiger partial charge in [0.2, 0.25) is 0 Å². The van der Waals surface area contributed by atoms with Gasteiger partial charge in [-0.15, -0.1) is 0 Å². The van der Waals surface area contributed by atoms with E-state index in [0.717, 1.165) is 10.5 Å². The molecule has 0 unspecified atom stereocenters. The lowest BCUT2D eigenvalue weighted by molar-refractivity contribution is 0.0925. The van der Waals surface area contributed by atoms with Crippen molar-refractivity contribution in [2.45, 2.75) is 0 Å². The van der Waals surface area contributed by atoms with E-state index in [1.807, 2.05) is 30.3 Å². The van der Waals surface area contributed by atoms with Crippen LogP contribution in [0.25, 0.3) is 22.3 Å². The molecule has 6 heteroatoms. The van der Waals surface area contributed by atoms with Gasteiger partial charge in [-0.05, 0) is 30.3 Å². The highest BCUT2D eigenvalue weighted by atomic mass is 16.5. The van der Waals surface area contributed by atoms with Gasteiger partial charge in [0.15, 0.2) is 11.6 Å². The van der Waals surface area contributed by atoms with Crippen LogP contribution in [0.5, 0.6) is 5.75 Å². The summed E-state index contributed by atoms with van der Waals surface area (Å²) < 4.78 is 5.33. The number of hydrogen-bond donors (Lipinski definition) is 0. The van der Waals surface area contributed by atoms with Crippen molar-refractivity contribution in [3.8, 4) is 17.1 Å². The molecule has 1 aromatic heterocycles. The molecule has 6 nitrogen and oxygen atoms in total. The van der Waals surface area contributed by atoms with E-state index in [-0.39, 0.29) is 5.82 Å². The van der Waals surface area contributed by atoms with E-state index in [2.05, 4.69) is 9.97 Å². The molecule has 3 aromatic carbocycles. The maximum Gasteiger partial charge on any atom is 0.267 e. The Bertz CT molecular complexity index is 1250. The Balaban J connectivity index is 1.78. The third-order valence-electron chi connectivity index (χ3n) is 4.92. The molecule has 0 atom stereocenters. The summed E-state index contributed by atoms with van der Waals surface area (Å²) in [5.74, 6) is 0.486. The van der Waals surface area contributed by atoms with Crippen LogP contribution in [0.4, 0.5) is 5.82 Å². The predicted molar refractivity (Wildman–Crippen MR) is 109 cm³/mol. The molecule has 2 amide bonds. The summed E-state index contributed by atoms with van der Waals surface area (Å²) in [7, 11) is 1.56. The fraction of sp³-hybridized carbons (Fsp3) is 0.0435. The second-order valence-electron chi connectivity index (χ2n) is 6.61. The number of hydrogen-bond acceptors (Lipinski definition) is 5. The van der Waals surface area contributed by atoms with Crippen molar-refractivity contribution < 1.29 is 14.3 Å². The summed E-state index contributed by atoms with van der Waals surface area (Å²) in [6.07, 6.45) is 0. The molecule has 0 saturated heterocycles. The van der Waals surface area contributed by atoms with Crippen LogP contribution in [0.15, 0.2) is 72.8 Å². The Morgan fingerprint density at radius 1 is 0.793 bits per heavy atom. The molecule has 0 spiro atoms. The monoisotopic (exact) mass is 381 g/mol. The maximum atomic E-state index is 13.1. The summed E-state index contributed by atoms with van der Waals surface area (Å²) in [6.45, 7) is 0. The first kappa shape index (κ1) is 17.1. The van der Waals surface area contributed by atoms with E-state index in [4.69, 9.17) is 4.74 Å². The largest absolute Gasteiger partial charge is 0.497 e. The number of carbonyl (C=O) groups excluding carboxylic acids is 2. The predicted octanol–water partition coefficient (Wildman–Crippen LogP) is 4.11. The van der Waals surface area contributed by atoms with Gasteiger partial charge in [0.25, 0.3) is 11.8 Å². The molecule has 0 saturated carbocycles. The first-order valence-corrected chi connectivity index (χ1v) is 9.06. The van der Waals surface area contributed by atoms with Gasteiger partial charge in [0, 0.05) is 10.9 Å². The summed E-state index contributed by atoms with van der Waals surface area (Å²) >= 11 is 0. The van der Waals surface area contributed by atoms with E-state index in [0.29, 0.717) is 33.6 Å². The smallest absolute Gasteiger partial charge is 0.267 e. The molecule has 5 rings (SSSR count). The Hall–Kier alpha value is -4.06. The van der Waals surface area contributed by atoms with Crippen LogP contribution in [0, 0.1) is 0 Å². The number of imide groups is 1. The summed E-state index contributed by atoms with van der Waals surface area (Å²) in [5, 5.41) is 0.568. The quantitative estimate of drug-likeness (QED) is 0.500. The molecule has 4 aromatic rings. The van der Waals surface area contributed by atoms with Crippen LogP contribution < -0.4 is 9.64 Å². The third kappa shape index (κ3) is 2.65. The number of aromatic nitrogens is 2. The minimum atomic E-state index is -0.396. The van der Waals surface area contributed by atoms with Gasteiger partial charge in [-0.25, -0.2) is 14.9 Å². The fourth-order valence-corrected chi connectivity index (χ4v) is 3.49. The fourth-order valence-electron chi connectivity index (χ4n) is 3.49. The minimum Gasteiger partial charge on any atom is -0.497 e. The van der Waals surface area contributed by atoms with Gasteiger partial charge >= 0.3 is 0 Å². The van der Waals surface area contributed by atoms with Gasteiger partial charge in [0.1, 0.15) is 5.75 Å². The SMILES string of the molecule is COc1ccc2nc(-c3ccccc3)nc(N3C(=O)c4ccccc4C3=O)c2c1. The highest BCUT2D eigenvalue weighted by Crippen LogP contribution is 2.34. The Kier molecular flexibility index (Phi) is 3.84. The molecule has 1 aliphatic rings. The average Bonchev–Trinajstić information content (AvgIpc) is 3.03. The Labute approximate surface area is 166 Å². The summed E-state index contributed by atoms with van der Waals surface area (Å²) in [5.41, 5.74) is 2.15. The zero-order chi connectivity index (χ0) is 20.0. The molecule has 0 fully saturated rings. The van der Waals surface area contributed by atoms with Crippen LogP contribution in [-0.4, -0.2) is 28.9 Å². The number of anilines is 1. The van der Waals surface area contributed by atoms with Crippen molar-refractivity contribution in [2.24, 2.45) is 0 Å². The van der Waals surface area contributed by atoms with Crippen molar-refractivity contribution in [1.29, 1.82) is 0 Å². The lowest BCUT2D eigenvalue weighted by atomic mass is 10.1. The van der Waals surface area contributed by atoms with Gasteiger partial charge in [-0.2, -0.15) is 0 Å². The normalized spacial score (nSPS) is 13.1. The first-order chi connectivity index (χ1) is 14.2. The molecule has 29 heavy (non-hydrogen) atoms. The third-order valence-corrected chi connectivity index (χ3v) is 4.92. The van der Waals surface area contributed by atoms with Crippen LogP contribution in [0.3, 0.4) is 0 Å². The van der Waals surface area contributed by atoms with Gasteiger partial charge < -0.3 is 4.74 Å². The van der Waals surface area contributed by atoms with Crippen molar-refractivity contribution >= 4 is 28.5 Å². The number of carbonyl (C=O) groups is 2. The van der Waals surface area contributed by atoms with Crippen molar-refractivity contribution in [3.05, 3.63) is 83.9 Å². The molecule has 1 aliphatic heterocycles. The van der Waals surface area contributed by atoms with Gasteiger partial charge in [0.05, 0.1) is 23.8 Å². The second kappa shape index (κ2) is 6.53. The van der Waals surface area contributed by atoms with Gasteiger partial charge in [-0.1, -0.05) is 42.5 Å². The zero-order valence-corrected chi connectivity index (χ0v) is 15.5. The topological polar surface area (TPSA) is 72.4 Å². The van der Waals surface area contributed by atoms with E-state index in [9.17, 15) is 9.59 Å². The van der Waals surface area contributed by atoms with Crippen LogP contribution in [-0.2, 0) is 0 Å². The number of methoxy groups -OCH3 is 1. The van der Waals surface area contributed by atoms with E-state index >= 15 is 0 Å². The molecule has 2 heterocycles. The first-order valence-electron chi connectivity index (χ1n) is 9.06. The number of benzene rings is 3. The van der Waals surface area contributed by atoms with Crippen molar-refractivity contribution in [2.75, 3.05) is 12.0 Å². The molecular formula is C23H15N3O3. The van der Waals surface area contributed by atoms with Crippen LogP contribution >= 0.6 is 0 Å². The highest BCUT2D eigenvalue weighted by molar-refractivity contribution is 6.35.